The molecule has 0 aromatic heterocycles. The lowest BCUT2D eigenvalue weighted by molar-refractivity contribution is 0.770. The SMILES string of the molecule is C1CC2=C(C1)CCC2. The smallest absolute Gasteiger partial charge is 0.0315 e. The molecule has 0 heterocycles. The van der Waals surface area contributed by atoms with Gasteiger partial charge < -0.3 is 0 Å². The third-order valence-electron chi connectivity index (χ3n) is 2.41. The van der Waals surface area contributed by atoms with Gasteiger partial charge in [0.25, 0.3) is 0 Å². The first-order valence-corrected chi connectivity index (χ1v) is 3.66. The third-order valence-corrected chi connectivity index (χ3v) is 2.41. The quantitative estimate of drug-likeness (QED) is 0.418. The predicted molar refractivity (Wildman–Crippen MR) is 34.7 cm³/mol. The lowest BCUT2D eigenvalue weighted by Crippen LogP contribution is -1.71. The van der Waals surface area contributed by atoms with Crippen LogP contribution in [0.3, 0.4) is 0 Å². The molecule has 2 rings (SSSR count). The monoisotopic (exact) mass is 108 g/mol. The fraction of sp³-hybridized carbons (Fsp3) is 0.750. The molecule has 0 aromatic rings. The van der Waals surface area contributed by atoms with Crippen LogP contribution < -0.4 is 0 Å². The Hall–Kier alpha value is -0.260. The van der Waals surface area contributed by atoms with E-state index in [0.717, 1.165) is 0 Å². The van der Waals surface area contributed by atoms with Gasteiger partial charge in [-0.25, -0.2) is 0 Å². The molecule has 0 N–H and O–H groups in total. The highest BCUT2D eigenvalue weighted by Crippen LogP contribution is 2.37. The van der Waals surface area contributed by atoms with Crippen molar-refractivity contribution in [2.24, 2.45) is 0 Å². The highest BCUT2D eigenvalue weighted by molar-refractivity contribution is 5.23. The van der Waals surface area contributed by atoms with Crippen molar-refractivity contribution in [2.45, 2.75) is 38.5 Å². The summed E-state index contributed by atoms with van der Waals surface area (Å²) in [5, 5.41) is 0. The van der Waals surface area contributed by atoms with Crippen molar-refractivity contribution >= 4 is 0 Å². The molecular formula is C8H12. The molecule has 44 valence electrons. The normalized spacial score (nSPS) is 27.0. The molecule has 0 spiro atoms. The number of hydrogen-bond donors (Lipinski definition) is 0. The average molecular weight is 108 g/mol. The summed E-state index contributed by atoms with van der Waals surface area (Å²) < 4.78 is 0. The molecule has 0 aromatic carbocycles. The van der Waals surface area contributed by atoms with Crippen LogP contribution >= 0.6 is 0 Å². The zero-order valence-corrected chi connectivity index (χ0v) is 5.24. The van der Waals surface area contributed by atoms with Crippen LogP contribution in [0.25, 0.3) is 0 Å². The first-order chi connectivity index (χ1) is 3.97. The Morgan fingerprint density at radius 3 is 1.38 bits per heavy atom. The number of rotatable bonds is 0. The standard InChI is InChI=1S/C8H12/c1-3-7-5-2-6-8(7)4-1/h1-6H2. The molecule has 0 saturated heterocycles. The molecule has 0 heteroatoms. The molecule has 0 fully saturated rings. The van der Waals surface area contributed by atoms with E-state index in [0.29, 0.717) is 0 Å². The van der Waals surface area contributed by atoms with Gasteiger partial charge in [0.1, 0.15) is 0 Å². The molecule has 0 unspecified atom stereocenters. The maximum Gasteiger partial charge on any atom is -0.0315 e. The van der Waals surface area contributed by atoms with Crippen LogP contribution in [0.4, 0.5) is 0 Å². The van der Waals surface area contributed by atoms with Crippen LogP contribution in [0.15, 0.2) is 11.1 Å². The summed E-state index contributed by atoms with van der Waals surface area (Å²) in [6, 6.07) is 0. The number of allylic oxidation sites excluding steroid dienone is 2. The Morgan fingerprint density at radius 1 is 0.625 bits per heavy atom. The topological polar surface area (TPSA) is 0 Å². The van der Waals surface area contributed by atoms with Crippen molar-refractivity contribution in [1.29, 1.82) is 0 Å². The maximum atomic E-state index is 1.82. The van der Waals surface area contributed by atoms with Crippen molar-refractivity contribution in [3.05, 3.63) is 11.1 Å². The molecule has 0 amide bonds. The van der Waals surface area contributed by atoms with Crippen molar-refractivity contribution in [3.8, 4) is 0 Å². The minimum Gasteiger partial charge on any atom is -0.0710 e. The lowest BCUT2D eigenvalue weighted by atomic mass is 10.2. The zero-order chi connectivity index (χ0) is 5.40. The molecule has 0 bridgehead atoms. The fourth-order valence-electron chi connectivity index (χ4n) is 1.99. The minimum absolute atomic E-state index is 1.44. The molecule has 2 aliphatic rings. The Kier molecular flexibility index (Phi) is 0.927. The second-order valence-corrected chi connectivity index (χ2v) is 2.91. The van der Waals surface area contributed by atoms with E-state index < -0.39 is 0 Å². The largest absolute Gasteiger partial charge is 0.0710 e. The van der Waals surface area contributed by atoms with Crippen LogP contribution in [0, 0.1) is 0 Å². The van der Waals surface area contributed by atoms with Crippen molar-refractivity contribution in [2.75, 3.05) is 0 Å². The minimum atomic E-state index is 1.44. The van der Waals surface area contributed by atoms with E-state index >= 15 is 0 Å². The Bertz CT molecular complexity index is 103. The van der Waals surface area contributed by atoms with Gasteiger partial charge in [-0.2, -0.15) is 0 Å². The van der Waals surface area contributed by atoms with E-state index in [1.54, 1.807) is 0 Å². The van der Waals surface area contributed by atoms with E-state index in [1.807, 2.05) is 11.1 Å². The Labute approximate surface area is 50.6 Å². The molecular weight excluding hydrogens is 96.1 g/mol. The van der Waals surface area contributed by atoms with Gasteiger partial charge in [0.15, 0.2) is 0 Å². The summed E-state index contributed by atoms with van der Waals surface area (Å²) in [5.41, 5.74) is 3.65. The van der Waals surface area contributed by atoms with Gasteiger partial charge in [0, 0.05) is 0 Å². The maximum absolute atomic E-state index is 1.82. The van der Waals surface area contributed by atoms with Crippen molar-refractivity contribution in [1.82, 2.24) is 0 Å². The molecule has 2 aliphatic carbocycles. The Morgan fingerprint density at radius 2 is 1.00 bits per heavy atom. The van der Waals surface area contributed by atoms with E-state index in [-0.39, 0.29) is 0 Å². The van der Waals surface area contributed by atoms with E-state index in [2.05, 4.69) is 0 Å². The van der Waals surface area contributed by atoms with Crippen LogP contribution in [0.1, 0.15) is 38.5 Å². The third kappa shape index (κ3) is 0.521. The summed E-state index contributed by atoms with van der Waals surface area (Å²) in [5.74, 6) is 0. The van der Waals surface area contributed by atoms with Gasteiger partial charge in [-0.3, -0.25) is 0 Å². The first-order valence-electron chi connectivity index (χ1n) is 3.66. The van der Waals surface area contributed by atoms with Gasteiger partial charge in [0.05, 0.1) is 0 Å². The van der Waals surface area contributed by atoms with Crippen LogP contribution in [-0.2, 0) is 0 Å². The molecule has 0 saturated carbocycles. The average Bonchev–Trinajstić information content (AvgIpc) is 2.15. The predicted octanol–water partition coefficient (Wildman–Crippen LogP) is 2.65. The fourth-order valence-corrected chi connectivity index (χ4v) is 1.99. The number of hydrogen-bond acceptors (Lipinski definition) is 0. The summed E-state index contributed by atoms with van der Waals surface area (Å²) in [6.45, 7) is 0. The van der Waals surface area contributed by atoms with Gasteiger partial charge in [-0.1, -0.05) is 11.1 Å². The van der Waals surface area contributed by atoms with Gasteiger partial charge in [-0.05, 0) is 38.5 Å². The molecule has 0 aliphatic heterocycles. The Balaban J connectivity index is 2.23. The first kappa shape index (κ1) is 4.60. The van der Waals surface area contributed by atoms with Crippen molar-refractivity contribution in [3.63, 3.8) is 0 Å². The van der Waals surface area contributed by atoms with Crippen LogP contribution in [0.5, 0.6) is 0 Å². The van der Waals surface area contributed by atoms with Gasteiger partial charge in [-0.15, -0.1) is 0 Å². The van der Waals surface area contributed by atoms with Crippen molar-refractivity contribution < 1.29 is 0 Å². The van der Waals surface area contributed by atoms with E-state index in [9.17, 15) is 0 Å². The van der Waals surface area contributed by atoms with E-state index in [4.69, 9.17) is 0 Å². The molecule has 0 atom stereocenters. The van der Waals surface area contributed by atoms with Crippen LogP contribution in [0.2, 0.25) is 0 Å². The summed E-state index contributed by atoms with van der Waals surface area (Å²) in [6.07, 6.45) is 8.69. The highest BCUT2D eigenvalue weighted by atomic mass is 14.2. The second kappa shape index (κ2) is 1.61. The molecule has 0 nitrogen and oxygen atoms in total. The second-order valence-electron chi connectivity index (χ2n) is 2.91. The summed E-state index contributed by atoms with van der Waals surface area (Å²) in [4.78, 5) is 0. The lowest BCUT2D eigenvalue weighted by Gasteiger charge is -1.90. The van der Waals surface area contributed by atoms with Gasteiger partial charge >= 0.3 is 0 Å². The van der Waals surface area contributed by atoms with Gasteiger partial charge in [0.2, 0.25) is 0 Å². The van der Waals surface area contributed by atoms with Crippen LogP contribution in [-0.4, -0.2) is 0 Å². The zero-order valence-electron chi connectivity index (χ0n) is 5.24. The summed E-state index contributed by atoms with van der Waals surface area (Å²) in [7, 11) is 0. The molecule has 0 radical (unpaired) electrons. The van der Waals surface area contributed by atoms with E-state index in [1.165, 1.54) is 38.5 Å². The highest BCUT2D eigenvalue weighted by Gasteiger charge is 2.18. The molecule has 8 heavy (non-hydrogen) atoms. The summed E-state index contributed by atoms with van der Waals surface area (Å²) >= 11 is 0.